The van der Waals surface area contributed by atoms with Gasteiger partial charge in [-0.15, -0.1) is 0 Å². The van der Waals surface area contributed by atoms with Crippen molar-refractivity contribution < 1.29 is 0 Å². The summed E-state index contributed by atoms with van der Waals surface area (Å²) in [6.07, 6.45) is 8.55. The van der Waals surface area contributed by atoms with Gasteiger partial charge in [0, 0.05) is 12.6 Å². The molecule has 0 bridgehead atoms. The Labute approximate surface area is 131 Å². The molecule has 1 heteroatoms. The van der Waals surface area contributed by atoms with Crippen LogP contribution in [0.25, 0.3) is 0 Å². The number of rotatable bonds is 7. The highest BCUT2D eigenvalue weighted by Gasteiger charge is 2.24. The standard InChI is InChI=1S/C20H33N/c1-4-17-9-8-10-18(13-17)14-20(15-21-16(2)3)19-11-6-5-7-12-19/h5-7,11-12,16-18,20-21H,4,8-10,13-15H2,1-3H3. The molecule has 1 nitrogen and oxygen atoms in total. The zero-order valence-electron chi connectivity index (χ0n) is 14.1. The van der Waals surface area contributed by atoms with E-state index in [1.165, 1.54) is 44.1 Å². The summed E-state index contributed by atoms with van der Waals surface area (Å²) in [5.74, 6) is 2.59. The number of hydrogen-bond donors (Lipinski definition) is 1. The number of benzene rings is 1. The van der Waals surface area contributed by atoms with E-state index >= 15 is 0 Å². The Bertz CT molecular complexity index is 384. The molecule has 0 aromatic heterocycles. The molecule has 0 amide bonds. The Morgan fingerprint density at radius 1 is 1.10 bits per heavy atom. The summed E-state index contributed by atoms with van der Waals surface area (Å²) in [5.41, 5.74) is 1.52. The molecule has 1 aromatic rings. The molecule has 21 heavy (non-hydrogen) atoms. The second-order valence-corrected chi connectivity index (χ2v) is 7.21. The van der Waals surface area contributed by atoms with E-state index in [4.69, 9.17) is 0 Å². The van der Waals surface area contributed by atoms with Crippen LogP contribution in [0.2, 0.25) is 0 Å². The first-order valence-corrected chi connectivity index (χ1v) is 8.97. The fraction of sp³-hybridized carbons (Fsp3) is 0.700. The van der Waals surface area contributed by atoms with E-state index in [-0.39, 0.29) is 0 Å². The molecule has 0 heterocycles. The van der Waals surface area contributed by atoms with Crippen molar-refractivity contribution in [3.8, 4) is 0 Å². The van der Waals surface area contributed by atoms with Gasteiger partial charge in [0.15, 0.2) is 0 Å². The van der Waals surface area contributed by atoms with Gasteiger partial charge in [0.25, 0.3) is 0 Å². The normalized spacial score (nSPS) is 24.2. The summed E-state index contributed by atoms with van der Waals surface area (Å²) in [6.45, 7) is 7.97. The van der Waals surface area contributed by atoms with Crippen LogP contribution in [0.5, 0.6) is 0 Å². The van der Waals surface area contributed by atoms with E-state index in [0.29, 0.717) is 12.0 Å². The summed E-state index contributed by atoms with van der Waals surface area (Å²) in [7, 11) is 0. The lowest BCUT2D eigenvalue weighted by Crippen LogP contribution is -2.29. The third-order valence-electron chi connectivity index (χ3n) is 5.13. The zero-order chi connectivity index (χ0) is 15.1. The minimum absolute atomic E-state index is 0.575. The maximum absolute atomic E-state index is 3.66. The molecule has 3 atom stereocenters. The van der Waals surface area contributed by atoms with Crippen molar-refractivity contribution in [2.75, 3.05) is 6.54 Å². The van der Waals surface area contributed by atoms with Crippen molar-refractivity contribution in [2.45, 2.75) is 71.3 Å². The van der Waals surface area contributed by atoms with Crippen molar-refractivity contribution >= 4 is 0 Å². The summed E-state index contributed by atoms with van der Waals surface area (Å²) < 4.78 is 0. The molecule has 0 aliphatic heterocycles. The summed E-state index contributed by atoms with van der Waals surface area (Å²) in [6, 6.07) is 11.7. The van der Waals surface area contributed by atoms with E-state index in [1.54, 1.807) is 0 Å². The molecular formula is C20H33N. The first-order valence-electron chi connectivity index (χ1n) is 8.97. The van der Waals surface area contributed by atoms with Gasteiger partial charge in [-0.3, -0.25) is 0 Å². The van der Waals surface area contributed by atoms with Gasteiger partial charge in [-0.1, -0.05) is 76.8 Å². The SMILES string of the molecule is CCC1CCCC(CC(CNC(C)C)c2ccccc2)C1. The third-order valence-corrected chi connectivity index (χ3v) is 5.13. The second-order valence-electron chi connectivity index (χ2n) is 7.21. The van der Waals surface area contributed by atoms with Crippen molar-refractivity contribution in [1.82, 2.24) is 5.32 Å². The molecule has 1 saturated carbocycles. The van der Waals surface area contributed by atoms with E-state index in [9.17, 15) is 0 Å². The highest BCUT2D eigenvalue weighted by Crippen LogP contribution is 2.36. The van der Waals surface area contributed by atoms with Gasteiger partial charge in [-0.05, 0) is 36.2 Å². The Morgan fingerprint density at radius 2 is 1.81 bits per heavy atom. The number of nitrogens with one attached hydrogen (secondary N) is 1. The first kappa shape index (κ1) is 16.5. The Hall–Kier alpha value is -0.820. The maximum Gasteiger partial charge on any atom is 0.00226 e. The average molecular weight is 287 g/mol. The van der Waals surface area contributed by atoms with Crippen molar-refractivity contribution in [2.24, 2.45) is 11.8 Å². The third kappa shape index (κ3) is 5.47. The van der Waals surface area contributed by atoms with Gasteiger partial charge in [0.2, 0.25) is 0 Å². The van der Waals surface area contributed by atoms with E-state index < -0.39 is 0 Å². The second kappa shape index (κ2) is 8.58. The van der Waals surface area contributed by atoms with E-state index in [1.807, 2.05) is 0 Å². The van der Waals surface area contributed by atoms with Crippen LogP contribution < -0.4 is 5.32 Å². The predicted molar refractivity (Wildman–Crippen MR) is 92.7 cm³/mol. The monoisotopic (exact) mass is 287 g/mol. The van der Waals surface area contributed by atoms with Gasteiger partial charge in [0.05, 0.1) is 0 Å². The van der Waals surface area contributed by atoms with E-state index in [0.717, 1.165) is 18.4 Å². The lowest BCUT2D eigenvalue weighted by molar-refractivity contribution is 0.236. The molecule has 1 aromatic carbocycles. The number of hydrogen-bond acceptors (Lipinski definition) is 1. The van der Waals surface area contributed by atoms with Gasteiger partial charge in [0.1, 0.15) is 0 Å². The average Bonchev–Trinajstić information content (AvgIpc) is 2.52. The summed E-state index contributed by atoms with van der Waals surface area (Å²) in [5, 5.41) is 3.66. The molecule has 1 aliphatic carbocycles. The molecule has 0 radical (unpaired) electrons. The van der Waals surface area contributed by atoms with Crippen LogP contribution in [0.3, 0.4) is 0 Å². The van der Waals surface area contributed by atoms with Gasteiger partial charge >= 0.3 is 0 Å². The molecule has 0 spiro atoms. The van der Waals surface area contributed by atoms with Gasteiger partial charge < -0.3 is 5.32 Å². The van der Waals surface area contributed by atoms with Crippen LogP contribution in [0.4, 0.5) is 0 Å². The highest BCUT2D eigenvalue weighted by molar-refractivity contribution is 5.20. The molecule has 1 fully saturated rings. The Balaban J connectivity index is 1.98. The topological polar surface area (TPSA) is 12.0 Å². The van der Waals surface area contributed by atoms with Crippen LogP contribution in [-0.2, 0) is 0 Å². The predicted octanol–water partition coefficient (Wildman–Crippen LogP) is 5.37. The highest BCUT2D eigenvalue weighted by atomic mass is 14.9. The zero-order valence-corrected chi connectivity index (χ0v) is 14.1. The first-order chi connectivity index (χ1) is 10.2. The molecule has 0 saturated heterocycles. The molecule has 3 unspecified atom stereocenters. The molecule has 1 aliphatic rings. The lowest BCUT2D eigenvalue weighted by atomic mass is 9.75. The smallest absolute Gasteiger partial charge is 0.00226 e. The molecule has 2 rings (SSSR count). The fourth-order valence-electron chi connectivity index (χ4n) is 3.83. The van der Waals surface area contributed by atoms with Crippen LogP contribution >= 0.6 is 0 Å². The lowest BCUT2D eigenvalue weighted by Gasteiger charge is -2.31. The molecular weight excluding hydrogens is 254 g/mol. The summed E-state index contributed by atoms with van der Waals surface area (Å²) in [4.78, 5) is 0. The molecule has 1 N–H and O–H groups in total. The summed E-state index contributed by atoms with van der Waals surface area (Å²) >= 11 is 0. The van der Waals surface area contributed by atoms with Gasteiger partial charge in [-0.2, -0.15) is 0 Å². The Morgan fingerprint density at radius 3 is 2.48 bits per heavy atom. The molecule has 118 valence electrons. The van der Waals surface area contributed by atoms with E-state index in [2.05, 4.69) is 56.4 Å². The van der Waals surface area contributed by atoms with Crippen LogP contribution in [0, 0.1) is 11.8 Å². The quantitative estimate of drug-likeness (QED) is 0.710. The minimum Gasteiger partial charge on any atom is -0.314 e. The van der Waals surface area contributed by atoms with Crippen LogP contribution in [0.15, 0.2) is 30.3 Å². The minimum atomic E-state index is 0.575. The van der Waals surface area contributed by atoms with Gasteiger partial charge in [-0.25, -0.2) is 0 Å². The fourth-order valence-corrected chi connectivity index (χ4v) is 3.83. The van der Waals surface area contributed by atoms with Crippen molar-refractivity contribution in [3.63, 3.8) is 0 Å². The Kier molecular flexibility index (Phi) is 6.76. The van der Waals surface area contributed by atoms with Crippen LogP contribution in [-0.4, -0.2) is 12.6 Å². The maximum atomic E-state index is 3.66. The largest absolute Gasteiger partial charge is 0.314 e. The van der Waals surface area contributed by atoms with Crippen molar-refractivity contribution in [3.05, 3.63) is 35.9 Å². The van der Waals surface area contributed by atoms with Crippen molar-refractivity contribution in [1.29, 1.82) is 0 Å². The van der Waals surface area contributed by atoms with Crippen LogP contribution in [0.1, 0.15) is 70.8 Å².